The van der Waals surface area contributed by atoms with E-state index in [1.54, 1.807) is 0 Å². The summed E-state index contributed by atoms with van der Waals surface area (Å²) >= 11 is 1.52. The third-order valence-corrected chi connectivity index (χ3v) is 5.72. The van der Waals surface area contributed by atoms with E-state index >= 15 is 0 Å². The number of anilines is 1. The number of unbranched alkanes of at least 4 members (excludes halogenated alkanes) is 4. The molecule has 0 unspecified atom stereocenters. The van der Waals surface area contributed by atoms with Crippen molar-refractivity contribution in [2.24, 2.45) is 0 Å². The van der Waals surface area contributed by atoms with Crippen molar-refractivity contribution in [2.45, 2.75) is 71.1 Å². The van der Waals surface area contributed by atoms with Crippen LogP contribution in [-0.2, 0) is 4.79 Å². The zero-order valence-electron chi connectivity index (χ0n) is 18.8. The molecule has 0 aliphatic carbocycles. The fraction of sp³-hybridized carbons (Fsp3) is 0.407. The molecule has 1 N–H and O–H groups in total. The summed E-state index contributed by atoms with van der Waals surface area (Å²) < 4.78 is 1.10. The van der Waals surface area contributed by atoms with Gasteiger partial charge >= 0.3 is 0 Å². The molecule has 0 atom stereocenters. The maximum absolute atomic E-state index is 12.1. The van der Waals surface area contributed by atoms with E-state index < -0.39 is 0 Å². The predicted molar refractivity (Wildman–Crippen MR) is 137 cm³/mol. The molecule has 3 nitrogen and oxygen atoms in total. The summed E-state index contributed by atoms with van der Waals surface area (Å²) in [5.74, 6) is 0.0370. The number of aromatic nitrogens is 1. The number of allylic oxidation sites excluding steroid dienone is 8. The Balaban J connectivity index is 1.46. The van der Waals surface area contributed by atoms with E-state index in [0.29, 0.717) is 11.6 Å². The van der Waals surface area contributed by atoms with Gasteiger partial charge < -0.3 is 5.32 Å². The maximum atomic E-state index is 12.1. The van der Waals surface area contributed by atoms with Gasteiger partial charge in [-0.2, -0.15) is 0 Å². The van der Waals surface area contributed by atoms with Crippen molar-refractivity contribution < 1.29 is 4.79 Å². The second kappa shape index (κ2) is 16.3. The molecule has 0 fully saturated rings. The highest BCUT2D eigenvalue weighted by atomic mass is 32.1. The van der Waals surface area contributed by atoms with Gasteiger partial charge in [0.1, 0.15) is 0 Å². The van der Waals surface area contributed by atoms with Crippen molar-refractivity contribution in [3.63, 3.8) is 0 Å². The normalized spacial score (nSPS) is 12.3. The monoisotopic (exact) mass is 436 g/mol. The first-order valence-corrected chi connectivity index (χ1v) is 12.4. The lowest BCUT2D eigenvalue weighted by Crippen LogP contribution is -2.10. The minimum Gasteiger partial charge on any atom is -0.302 e. The van der Waals surface area contributed by atoms with Crippen LogP contribution < -0.4 is 5.32 Å². The van der Waals surface area contributed by atoms with Crippen molar-refractivity contribution >= 4 is 32.6 Å². The van der Waals surface area contributed by atoms with Crippen LogP contribution in [0.15, 0.2) is 72.9 Å². The van der Waals surface area contributed by atoms with E-state index in [0.717, 1.165) is 42.3 Å². The minimum absolute atomic E-state index is 0.0370. The Morgan fingerprint density at radius 3 is 2.13 bits per heavy atom. The Kier molecular flexibility index (Phi) is 13.0. The molecule has 0 aliphatic heterocycles. The molecule has 4 heteroatoms. The summed E-state index contributed by atoms with van der Waals surface area (Å²) in [4.78, 5) is 16.5. The summed E-state index contributed by atoms with van der Waals surface area (Å²) in [6, 6.07) is 7.93. The number of thiazole rings is 1. The van der Waals surface area contributed by atoms with E-state index in [4.69, 9.17) is 0 Å². The van der Waals surface area contributed by atoms with E-state index in [-0.39, 0.29) is 5.91 Å². The fourth-order valence-corrected chi connectivity index (χ4v) is 3.93. The molecule has 0 saturated heterocycles. The molecule has 0 bridgehead atoms. The van der Waals surface area contributed by atoms with Gasteiger partial charge in [-0.25, -0.2) is 4.98 Å². The van der Waals surface area contributed by atoms with Crippen LogP contribution in [0.25, 0.3) is 10.2 Å². The summed E-state index contributed by atoms with van der Waals surface area (Å²) in [5, 5.41) is 3.59. The van der Waals surface area contributed by atoms with Gasteiger partial charge in [0.25, 0.3) is 0 Å². The highest BCUT2D eigenvalue weighted by molar-refractivity contribution is 7.22. The Labute approximate surface area is 191 Å². The zero-order valence-corrected chi connectivity index (χ0v) is 19.6. The Morgan fingerprint density at radius 1 is 0.871 bits per heavy atom. The van der Waals surface area contributed by atoms with Gasteiger partial charge in [0.15, 0.2) is 5.13 Å². The van der Waals surface area contributed by atoms with Gasteiger partial charge in [0, 0.05) is 6.42 Å². The second-order valence-corrected chi connectivity index (χ2v) is 8.55. The molecular formula is C27H36N2OS. The molecule has 2 aromatic rings. The maximum Gasteiger partial charge on any atom is 0.226 e. The van der Waals surface area contributed by atoms with Crippen LogP contribution in [0.5, 0.6) is 0 Å². The fourth-order valence-electron chi connectivity index (χ4n) is 3.05. The van der Waals surface area contributed by atoms with E-state index in [2.05, 4.69) is 65.8 Å². The van der Waals surface area contributed by atoms with Gasteiger partial charge in [-0.1, -0.05) is 91.8 Å². The number of carbonyl (C=O) groups excluding carboxylic acids is 1. The van der Waals surface area contributed by atoms with Crippen molar-refractivity contribution in [3.8, 4) is 0 Å². The highest BCUT2D eigenvalue weighted by Crippen LogP contribution is 2.25. The Hall–Kier alpha value is -2.46. The number of hydrogen-bond acceptors (Lipinski definition) is 3. The minimum atomic E-state index is 0.0370. The summed E-state index contributed by atoms with van der Waals surface area (Å²) in [5.41, 5.74) is 0.934. The standard InChI is InChI=1S/C27H36N2OS/c1-2-3-4-5-6-7-8-9-10-11-12-13-14-15-16-17-18-23-26(30)29-27-28-24-21-19-20-22-25(24)31-27/h6-7,9-10,12-13,15-16,19-22H,2-5,8,11,14,17-18,23H2,1H3,(H,28,29,30)/b7-6-,10-9-,13-12-,16-15-. The van der Waals surface area contributed by atoms with E-state index in [9.17, 15) is 4.79 Å². The van der Waals surface area contributed by atoms with Crippen LogP contribution in [0.2, 0.25) is 0 Å². The predicted octanol–water partition coefficient (Wildman–Crippen LogP) is 8.38. The third kappa shape index (κ3) is 11.5. The molecule has 0 saturated carbocycles. The molecule has 1 aromatic heterocycles. The number of benzene rings is 1. The van der Waals surface area contributed by atoms with Crippen LogP contribution in [0.3, 0.4) is 0 Å². The van der Waals surface area contributed by atoms with Crippen molar-refractivity contribution in [1.82, 2.24) is 4.98 Å². The molecule has 166 valence electrons. The number of fused-ring (bicyclic) bond motifs is 1. The lowest BCUT2D eigenvalue weighted by molar-refractivity contribution is -0.116. The summed E-state index contributed by atoms with van der Waals surface area (Å²) in [7, 11) is 0. The molecule has 1 aromatic carbocycles. The number of nitrogens with one attached hydrogen (secondary N) is 1. The number of carbonyl (C=O) groups is 1. The van der Waals surface area contributed by atoms with E-state index in [1.807, 2.05) is 24.3 Å². The molecule has 1 amide bonds. The topological polar surface area (TPSA) is 42.0 Å². The highest BCUT2D eigenvalue weighted by Gasteiger charge is 2.06. The molecular weight excluding hydrogens is 400 g/mol. The number of hydrogen-bond donors (Lipinski definition) is 1. The molecule has 0 radical (unpaired) electrons. The van der Waals surface area contributed by atoms with Gasteiger partial charge in [-0.05, 0) is 57.1 Å². The van der Waals surface area contributed by atoms with Crippen LogP contribution in [0.4, 0.5) is 5.13 Å². The van der Waals surface area contributed by atoms with Crippen LogP contribution in [0.1, 0.15) is 71.1 Å². The van der Waals surface area contributed by atoms with Crippen LogP contribution in [0, 0.1) is 0 Å². The molecule has 2 rings (SSSR count). The Bertz CT molecular complexity index is 843. The lowest BCUT2D eigenvalue weighted by atomic mass is 10.2. The molecule has 0 spiro atoms. The average Bonchev–Trinajstić information content (AvgIpc) is 3.18. The third-order valence-electron chi connectivity index (χ3n) is 4.77. The lowest BCUT2D eigenvalue weighted by Gasteiger charge is -1.99. The zero-order chi connectivity index (χ0) is 22.0. The van der Waals surface area contributed by atoms with Gasteiger partial charge in [0.05, 0.1) is 10.2 Å². The van der Waals surface area contributed by atoms with E-state index in [1.165, 1.54) is 37.0 Å². The average molecular weight is 437 g/mol. The number of para-hydroxylation sites is 1. The van der Waals surface area contributed by atoms with Crippen molar-refractivity contribution in [2.75, 3.05) is 5.32 Å². The number of rotatable bonds is 15. The number of nitrogens with zero attached hydrogens (tertiary/aromatic N) is 1. The van der Waals surface area contributed by atoms with Crippen molar-refractivity contribution in [1.29, 1.82) is 0 Å². The Morgan fingerprint density at radius 2 is 1.48 bits per heavy atom. The molecule has 1 heterocycles. The van der Waals surface area contributed by atoms with Crippen LogP contribution >= 0.6 is 11.3 Å². The first-order chi connectivity index (χ1) is 15.3. The SMILES string of the molecule is CCCCC/C=C\C/C=C\C/C=C\C/C=C\CCCC(=O)Nc1nc2ccccc2s1. The first kappa shape index (κ1) is 24.8. The second-order valence-electron chi connectivity index (χ2n) is 7.52. The first-order valence-electron chi connectivity index (χ1n) is 11.5. The van der Waals surface area contributed by atoms with Gasteiger partial charge in [0.2, 0.25) is 5.91 Å². The largest absolute Gasteiger partial charge is 0.302 e. The van der Waals surface area contributed by atoms with Gasteiger partial charge in [-0.3, -0.25) is 4.79 Å². The summed E-state index contributed by atoms with van der Waals surface area (Å²) in [6.07, 6.45) is 28.2. The quantitative estimate of drug-likeness (QED) is 0.225. The smallest absolute Gasteiger partial charge is 0.226 e. The van der Waals surface area contributed by atoms with Gasteiger partial charge in [-0.15, -0.1) is 0 Å². The van der Waals surface area contributed by atoms with Crippen molar-refractivity contribution in [3.05, 3.63) is 72.9 Å². The van der Waals surface area contributed by atoms with Crippen LogP contribution in [-0.4, -0.2) is 10.9 Å². The molecule has 31 heavy (non-hydrogen) atoms. The number of amides is 1. The molecule has 0 aliphatic rings. The summed E-state index contributed by atoms with van der Waals surface area (Å²) in [6.45, 7) is 2.24.